The van der Waals surface area contributed by atoms with Gasteiger partial charge in [-0.25, -0.2) is 9.18 Å². The van der Waals surface area contributed by atoms with E-state index in [1.165, 1.54) is 12.2 Å². The summed E-state index contributed by atoms with van der Waals surface area (Å²) in [6.07, 6.45) is -9.72. The Labute approximate surface area is 173 Å². The fourth-order valence-electron chi connectivity index (χ4n) is 2.89. The lowest BCUT2D eigenvalue weighted by molar-refractivity contribution is -0.376. The molecule has 0 spiro atoms. The van der Waals surface area contributed by atoms with Gasteiger partial charge in [-0.05, 0) is 51.3 Å². The third-order valence-corrected chi connectivity index (χ3v) is 4.36. The predicted octanol–water partition coefficient (Wildman–Crippen LogP) is 5.72. The minimum absolute atomic E-state index is 0.0231. The van der Waals surface area contributed by atoms with Crippen LogP contribution in [0, 0.1) is 5.82 Å². The second-order valence-corrected chi connectivity index (χ2v) is 7.91. The zero-order valence-electron chi connectivity index (χ0n) is 16.7. The number of hydrogen-bond donors (Lipinski definition) is 2. The summed E-state index contributed by atoms with van der Waals surface area (Å²) in [5.41, 5.74) is -7.08. The Morgan fingerprint density at radius 3 is 2.00 bits per heavy atom. The molecule has 1 amide bonds. The molecule has 0 fully saturated rings. The monoisotopic (exact) mass is 455 g/mol. The van der Waals surface area contributed by atoms with Crippen molar-refractivity contribution >= 4 is 11.7 Å². The van der Waals surface area contributed by atoms with Crippen molar-refractivity contribution in [1.29, 1.82) is 0 Å². The molecule has 172 valence electrons. The number of ether oxygens (including phenoxy) is 1. The Morgan fingerprint density at radius 2 is 1.58 bits per heavy atom. The largest absolute Gasteiger partial charge is 0.444 e. The van der Waals surface area contributed by atoms with E-state index in [-0.39, 0.29) is 24.5 Å². The Kier molecular flexibility index (Phi) is 6.52. The number of amides is 1. The van der Waals surface area contributed by atoms with E-state index >= 15 is 0 Å². The van der Waals surface area contributed by atoms with Crippen molar-refractivity contribution in [3.05, 3.63) is 53.0 Å². The molecule has 0 heterocycles. The van der Waals surface area contributed by atoms with Crippen LogP contribution in [-0.4, -0.2) is 29.2 Å². The normalized spacial score (nSPS) is 15.8. The highest BCUT2D eigenvalue weighted by Crippen LogP contribution is 2.50. The number of benzene rings is 1. The van der Waals surface area contributed by atoms with Crippen molar-refractivity contribution in [2.45, 2.75) is 57.2 Å². The molecule has 1 aromatic carbocycles. The van der Waals surface area contributed by atoms with Gasteiger partial charge in [-0.3, -0.25) is 5.32 Å². The number of allylic oxidation sites excluding steroid dienone is 4. The van der Waals surface area contributed by atoms with Crippen LogP contribution < -0.4 is 5.32 Å². The van der Waals surface area contributed by atoms with Gasteiger partial charge in [0.1, 0.15) is 11.4 Å². The summed E-state index contributed by atoms with van der Waals surface area (Å²) in [4.78, 5) is 11.8. The lowest BCUT2D eigenvalue weighted by atomic mass is 9.89. The Bertz CT molecular complexity index is 895. The maximum Gasteiger partial charge on any atom is 0.430 e. The van der Waals surface area contributed by atoms with E-state index in [1.807, 2.05) is 0 Å². The lowest BCUT2D eigenvalue weighted by Crippen LogP contribution is -2.54. The highest BCUT2D eigenvalue weighted by molar-refractivity contribution is 5.73. The molecule has 4 nitrogen and oxygen atoms in total. The second-order valence-electron chi connectivity index (χ2n) is 7.91. The van der Waals surface area contributed by atoms with Gasteiger partial charge >= 0.3 is 18.4 Å². The maximum atomic E-state index is 14.4. The molecule has 0 unspecified atom stereocenters. The third kappa shape index (κ3) is 5.38. The Hall–Kier alpha value is -2.56. The highest BCUT2D eigenvalue weighted by Gasteiger charge is 2.71. The Balaban J connectivity index is 2.29. The van der Waals surface area contributed by atoms with E-state index in [9.17, 15) is 40.6 Å². The van der Waals surface area contributed by atoms with Crippen LogP contribution in [-0.2, 0) is 10.3 Å². The fourth-order valence-corrected chi connectivity index (χ4v) is 2.89. The van der Waals surface area contributed by atoms with Crippen LogP contribution in [0.25, 0.3) is 5.57 Å². The molecule has 2 rings (SSSR count). The summed E-state index contributed by atoms with van der Waals surface area (Å²) in [7, 11) is 0. The molecule has 0 bridgehead atoms. The minimum Gasteiger partial charge on any atom is -0.444 e. The molecule has 1 aliphatic rings. The Morgan fingerprint density at radius 1 is 1.00 bits per heavy atom. The average molecular weight is 455 g/mol. The van der Waals surface area contributed by atoms with E-state index in [2.05, 4.69) is 5.32 Å². The number of aliphatic hydroxyl groups is 1. The zero-order valence-corrected chi connectivity index (χ0v) is 16.7. The molecule has 2 N–H and O–H groups in total. The summed E-state index contributed by atoms with van der Waals surface area (Å²) in [5, 5.41) is 11.9. The van der Waals surface area contributed by atoms with Crippen LogP contribution >= 0.6 is 0 Å². The first kappa shape index (κ1) is 24.7. The smallest absolute Gasteiger partial charge is 0.430 e. The van der Waals surface area contributed by atoms with E-state index in [0.29, 0.717) is 17.3 Å². The van der Waals surface area contributed by atoms with Crippen molar-refractivity contribution < 1.29 is 45.4 Å². The first-order chi connectivity index (χ1) is 14.0. The summed E-state index contributed by atoms with van der Waals surface area (Å²) in [6, 6.07) is 1.16. The predicted molar refractivity (Wildman–Crippen MR) is 97.1 cm³/mol. The van der Waals surface area contributed by atoms with Gasteiger partial charge in [-0.1, -0.05) is 18.2 Å². The molecule has 11 heteroatoms. The van der Waals surface area contributed by atoms with Crippen LogP contribution in [0.3, 0.4) is 0 Å². The molecule has 0 saturated heterocycles. The number of alkyl carbamates (subject to hydrolysis) is 1. The van der Waals surface area contributed by atoms with Crippen LogP contribution in [0.15, 0.2) is 36.0 Å². The number of hydrogen-bond acceptors (Lipinski definition) is 3. The first-order valence-electron chi connectivity index (χ1n) is 9.01. The molecule has 0 aliphatic heterocycles. The topological polar surface area (TPSA) is 58.6 Å². The van der Waals surface area contributed by atoms with Gasteiger partial charge in [0.15, 0.2) is 0 Å². The number of alkyl halides is 6. The van der Waals surface area contributed by atoms with Crippen LogP contribution in [0.2, 0.25) is 0 Å². The molecule has 1 aromatic rings. The molecule has 0 aromatic heterocycles. The van der Waals surface area contributed by atoms with E-state index in [0.717, 1.165) is 6.07 Å². The van der Waals surface area contributed by atoms with Gasteiger partial charge in [0, 0.05) is 16.8 Å². The first-order valence-corrected chi connectivity index (χ1v) is 9.01. The molecule has 31 heavy (non-hydrogen) atoms. The lowest BCUT2D eigenvalue weighted by Gasteiger charge is -2.32. The van der Waals surface area contributed by atoms with Crippen LogP contribution in [0.5, 0.6) is 0 Å². The van der Waals surface area contributed by atoms with Gasteiger partial charge in [-0.15, -0.1) is 0 Å². The molecule has 1 aliphatic carbocycles. The van der Waals surface area contributed by atoms with Crippen molar-refractivity contribution in [2.24, 2.45) is 0 Å². The van der Waals surface area contributed by atoms with Crippen molar-refractivity contribution in [3.63, 3.8) is 0 Å². The number of carbonyl (C=O) groups excluding carboxylic acids is 1. The standard InChI is InChI=1S/C20H20F7NO3/c1-17(2,3)31-16(29)28-13-7-4-11(5-8-13)14-9-6-12(10-15(14)21)18(30,19(22,23)24)20(25,26)27/h4,6-7,9-10,30H,5,8H2,1-3H3,(H,28,29). The third-order valence-electron chi connectivity index (χ3n) is 4.36. The highest BCUT2D eigenvalue weighted by atomic mass is 19.4. The summed E-state index contributed by atoms with van der Waals surface area (Å²) in [5.74, 6) is -1.35. The van der Waals surface area contributed by atoms with Gasteiger partial charge in [-0.2, -0.15) is 26.3 Å². The van der Waals surface area contributed by atoms with E-state index in [1.54, 1.807) is 20.8 Å². The molecule has 0 radical (unpaired) electrons. The quantitative estimate of drug-likeness (QED) is 0.573. The number of rotatable bonds is 3. The molecule has 0 saturated carbocycles. The van der Waals surface area contributed by atoms with Gasteiger partial charge < -0.3 is 9.84 Å². The zero-order chi connectivity index (χ0) is 23.8. The van der Waals surface area contributed by atoms with Gasteiger partial charge in [0.05, 0.1) is 0 Å². The summed E-state index contributed by atoms with van der Waals surface area (Å²) >= 11 is 0. The maximum absolute atomic E-state index is 14.4. The molecule has 0 atom stereocenters. The van der Waals surface area contributed by atoms with Crippen LogP contribution in [0.4, 0.5) is 35.5 Å². The van der Waals surface area contributed by atoms with Crippen molar-refractivity contribution in [2.75, 3.05) is 0 Å². The number of halogens is 7. The number of carbonyl (C=O) groups is 1. The van der Waals surface area contributed by atoms with Crippen molar-refractivity contribution in [1.82, 2.24) is 5.32 Å². The molecular formula is C20H20F7NO3. The van der Waals surface area contributed by atoms with E-state index in [4.69, 9.17) is 4.74 Å². The number of nitrogens with one attached hydrogen (secondary N) is 1. The minimum atomic E-state index is -6.10. The summed E-state index contributed by atoms with van der Waals surface area (Å²) < 4.78 is 97.3. The van der Waals surface area contributed by atoms with Gasteiger partial charge in [0.25, 0.3) is 5.60 Å². The van der Waals surface area contributed by atoms with Crippen LogP contribution in [0.1, 0.15) is 44.7 Å². The van der Waals surface area contributed by atoms with E-state index < -0.39 is 41.0 Å². The SMILES string of the molecule is CC(C)(C)OC(=O)NC1=CC=C(c2ccc(C(O)(C(F)(F)F)C(F)(F)F)cc2F)CC1. The molecular weight excluding hydrogens is 435 g/mol. The van der Waals surface area contributed by atoms with Crippen molar-refractivity contribution in [3.8, 4) is 0 Å². The van der Waals surface area contributed by atoms with Gasteiger partial charge in [0.2, 0.25) is 0 Å². The summed E-state index contributed by atoms with van der Waals surface area (Å²) in [6.45, 7) is 5.01. The average Bonchev–Trinajstić information content (AvgIpc) is 2.58. The second kappa shape index (κ2) is 8.18. The fraction of sp³-hybridized carbons (Fsp3) is 0.450.